The predicted molar refractivity (Wildman–Crippen MR) is 180 cm³/mol. The molecule has 3 N–H and O–H groups in total. The second-order valence-corrected chi connectivity index (χ2v) is 12.4. The highest BCUT2D eigenvalue weighted by molar-refractivity contribution is 9.10. The number of hydrogen-bond acceptors (Lipinski definition) is 4. The number of anilines is 2. The van der Waals surface area contributed by atoms with Crippen LogP contribution in [0.1, 0.15) is 54.6 Å². The van der Waals surface area contributed by atoms with Gasteiger partial charge in [-0.25, -0.2) is 0 Å². The van der Waals surface area contributed by atoms with Crippen molar-refractivity contribution < 1.29 is 14.4 Å². The van der Waals surface area contributed by atoms with E-state index in [1.165, 1.54) is 17.3 Å². The third kappa shape index (κ3) is 9.43. The number of nitrogens with one attached hydrogen (secondary N) is 3. The molecule has 8 heteroatoms. The highest BCUT2D eigenvalue weighted by Crippen LogP contribution is 2.29. The van der Waals surface area contributed by atoms with E-state index in [1.807, 2.05) is 79.7 Å². The number of carbonyl (C=O) groups excluding carboxylic acids is 3. The van der Waals surface area contributed by atoms with Gasteiger partial charge in [-0.2, -0.15) is 0 Å². The number of carbonyl (C=O) groups is 3. The molecular formula is C35H34BrN3O3S. The van der Waals surface area contributed by atoms with E-state index >= 15 is 0 Å². The second-order valence-electron chi connectivity index (χ2n) is 10.2. The van der Waals surface area contributed by atoms with Gasteiger partial charge in [-0.05, 0) is 84.1 Å². The summed E-state index contributed by atoms with van der Waals surface area (Å²) >= 11 is 4.89. The standard InChI is InChI=1S/C35H34BrN3O3S/c1-4-32(35(42)37-28-18-16-25(17-19-28)23(2)3)43-30-15-9-14-29(22-30)38-34(41)31(21-24-10-8-13-27(36)20-24)39-33(40)26-11-6-5-7-12-26/h5-23,32H,4H2,1-3H3,(H,37,42)(H,38,41)(H,39,40)/b31-21+. The molecule has 0 heterocycles. The van der Waals surface area contributed by atoms with Crippen LogP contribution in [0.2, 0.25) is 0 Å². The quantitative estimate of drug-likeness (QED) is 0.112. The Balaban J connectivity index is 1.48. The molecule has 0 aliphatic carbocycles. The smallest absolute Gasteiger partial charge is 0.272 e. The van der Waals surface area contributed by atoms with Crippen LogP contribution in [0.15, 0.2) is 118 Å². The van der Waals surface area contributed by atoms with Crippen LogP contribution in [-0.4, -0.2) is 23.0 Å². The molecule has 0 bridgehead atoms. The molecule has 4 rings (SSSR count). The zero-order valence-corrected chi connectivity index (χ0v) is 26.7. The van der Waals surface area contributed by atoms with E-state index in [0.29, 0.717) is 23.6 Å². The van der Waals surface area contributed by atoms with Crippen LogP contribution in [-0.2, 0) is 9.59 Å². The van der Waals surface area contributed by atoms with Gasteiger partial charge in [0.05, 0.1) is 5.25 Å². The van der Waals surface area contributed by atoms with Gasteiger partial charge < -0.3 is 16.0 Å². The predicted octanol–water partition coefficient (Wildman–Crippen LogP) is 8.49. The van der Waals surface area contributed by atoms with Gasteiger partial charge >= 0.3 is 0 Å². The Bertz CT molecular complexity index is 1600. The summed E-state index contributed by atoms with van der Waals surface area (Å²) in [6, 6.07) is 31.4. The first-order chi connectivity index (χ1) is 20.7. The van der Waals surface area contributed by atoms with Crippen molar-refractivity contribution in [2.45, 2.75) is 43.3 Å². The van der Waals surface area contributed by atoms with Crippen LogP contribution in [0.4, 0.5) is 11.4 Å². The van der Waals surface area contributed by atoms with Gasteiger partial charge in [0, 0.05) is 26.3 Å². The SMILES string of the molecule is CCC(Sc1cccc(NC(=O)/C(=C\c2cccc(Br)c2)NC(=O)c2ccccc2)c1)C(=O)Nc1ccc(C(C)C)cc1. The van der Waals surface area contributed by atoms with Crippen molar-refractivity contribution in [2.75, 3.05) is 10.6 Å². The van der Waals surface area contributed by atoms with E-state index in [-0.39, 0.29) is 16.9 Å². The van der Waals surface area contributed by atoms with Gasteiger partial charge in [-0.3, -0.25) is 14.4 Å². The molecule has 0 aliphatic heterocycles. The monoisotopic (exact) mass is 655 g/mol. The van der Waals surface area contributed by atoms with Crippen LogP contribution in [0.3, 0.4) is 0 Å². The summed E-state index contributed by atoms with van der Waals surface area (Å²) in [4.78, 5) is 40.3. The van der Waals surface area contributed by atoms with Crippen molar-refractivity contribution in [2.24, 2.45) is 0 Å². The minimum absolute atomic E-state index is 0.0814. The lowest BCUT2D eigenvalue weighted by Gasteiger charge is -2.16. The fraction of sp³-hybridized carbons (Fsp3) is 0.171. The topological polar surface area (TPSA) is 87.3 Å². The Hall–Kier alpha value is -4.14. The summed E-state index contributed by atoms with van der Waals surface area (Å²) in [5, 5.41) is 8.36. The highest BCUT2D eigenvalue weighted by atomic mass is 79.9. The Labute approximate surface area is 265 Å². The van der Waals surface area contributed by atoms with Crippen molar-refractivity contribution in [1.29, 1.82) is 0 Å². The Morgan fingerprint density at radius 1 is 0.814 bits per heavy atom. The molecule has 0 saturated heterocycles. The lowest BCUT2D eigenvalue weighted by molar-refractivity contribution is -0.116. The van der Waals surface area contributed by atoms with E-state index in [1.54, 1.807) is 36.4 Å². The molecule has 3 amide bonds. The molecular weight excluding hydrogens is 622 g/mol. The Morgan fingerprint density at radius 3 is 2.21 bits per heavy atom. The summed E-state index contributed by atoms with van der Waals surface area (Å²) in [7, 11) is 0. The lowest BCUT2D eigenvalue weighted by Crippen LogP contribution is -2.30. The molecule has 6 nitrogen and oxygen atoms in total. The first-order valence-corrected chi connectivity index (χ1v) is 15.7. The summed E-state index contributed by atoms with van der Waals surface area (Å²) in [5.41, 5.74) is 3.80. The number of halogens is 1. The van der Waals surface area contributed by atoms with Gasteiger partial charge in [-0.1, -0.05) is 85.2 Å². The molecule has 0 aromatic heterocycles. The maximum Gasteiger partial charge on any atom is 0.272 e. The molecule has 4 aromatic rings. The third-order valence-corrected chi connectivity index (χ3v) is 8.42. The van der Waals surface area contributed by atoms with Crippen LogP contribution in [0, 0.1) is 0 Å². The van der Waals surface area contributed by atoms with Crippen molar-refractivity contribution in [3.05, 3.63) is 130 Å². The van der Waals surface area contributed by atoms with E-state index in [0.717, 1.165) is 20.6 Å². The maximum atomic E-state index is 13.5. The third-order valence-electron chi connectivity index (χ3n) is 6.57. The summed E-state index contributed by atoms with van der Waals surface area (Å²) < 4.78 is 0.849. The zero-order chi connectivity index (χ0) is 30.8. The number of benzene rings is 4. The molecule has 220 valence electrons. The van der Waals surface area contributed by atoms with E-state index in [9.17, 15) is 14.4 Å². The number of thioether (sulfide) groups is 1. The second kappa shape index (κ2) is 15.4. The molecule has 43 heavy (non-hydrogen) atoms. The van der Waals surface area contributed by atoms with E-state index < -0.39 is 11.8 Å². The van der Waals surface area contributed by atoms with Crippen LogP contribution in [0.25, 0.3) is 6.08 Å². The number of amides is 3. The first kappa shape index (κ1) is 31.8. The van der Waals surface area contributed by atoms with Crippen LogP contribution >= 0.6 is 27.7 Å². The van der Waals surface area contributed by atoms with Gasteiger partial charge in [0.1, 0.15) is 5.70 Å². The van der Waals surface area contributed by atoms with E-state index in [4.69, 9.17) is 0 Å². The minimum Gasteiger partial charge on any atom is -0.325 e. The fourth-order valence-electron chi connectivity index (χ4n) is 4.21. The number of hydrogen-bond donors (Lipinski definition) is 3. The average Bonchev–Trinajstić information content (AvgIpc) is 3.00. The van der Waals surface area contributed by atoms with Crippen molar-refractivity contribution in [3.63, 3.8) is 0 Å². The van der Waals surface area contributed by atoms with Crippen LogP contribution < -0.4 is 16.0 Å². The average molecular weight is 657 g/mol. The lowest BCUT2D eigenvalue weighted by atomic mass is 10.0. The van der Waals surface area contributed by atoms with Crippen molar-refractivity contribution in [3.8, 4) is 0 Å². The van der Waals surface area contributed by atoms with Crippen molar-refractivity contribution >= 4 is 62.9 Å². The Kier molecular flexibility index (Phi) is 11.4. The first-order valence-electron chi connectivity index (χ1n) is 14.0. The zero-order valence-electron chi connectivity index (χ0n) is 24.3. The van der Waals surface area contributed by atoms with Crippen LogP contribution in [0.5, 0.6) is 0 Å². The summed E-state index contributed by atoms with van der Waals surface area (Å²) in [6.07, 6.45) is 2.26. The normalized spacial score (nSPS) is 12.0. The minimum atomic E-state index is -0.471. The van der Waals surface area contributed by atoms with Gasteiger partial charge in [0.25, 0.3) is 11.8 Å². The van der Waals surface area contributed by atoms with Gasteiger partial charge in [-0.15, -0.1) is 11.8 Å². The fourth-order valence-corrected chi connectivity index (χ4v) is 5.64. The molecule has 1 atom stereocenters. The van der Waals surface area contributed by atoms with Gasteiger partial charge in [0.2, 0.25) is 5.91 Å². The van der Waals surface area contributed by atoms with Crippen molar-refractivity contribution in [1.82, 2.24) is 5.32 Å². The number of rotatable bonds is 11. The molecule has 0 saturated carbocycles. The highest BCUT2D eigenvalue weighted by Gasteiger charge is 2.19. The summed E-state index contributed by atoms with van der Waals surface area (Å²) in [5.74, 6) is -0.524. The molecule has 0 fully saturated rings. The van der Waals surface area contributed by atoms with E-state index in [2.05, 4.69) is 45.7 Å². The molecule has 0 radical (unpaired) electrons. The maximum absolute atomic E-state index is 13.5. The Morgan fingerprint density at radius 2 is 1.53 bits per heavy atom. The molecule has 0 aliphatic rings. The molecule has 4 aromatic carbocycles. The summed E-state index contributed by atoms with van der Waals surface area (Å²) in [6.45, 7) is 6.24. The molecule has 1 unspecified atom stereocenters. The molecule has 0 spiro atoms. The van der Waals surface area contributed by atoms with Gasteiger partial charge in [0.15, 0.2) is 0 Å². The largest absolute Gasteiger partial charge is 0.325 e.